The molecule has 1 rings (SSSR count). The zero-order valence-electron chi connectivity index (χ0n) is 16.3. The van der Waals surface area contributed by atoms with E-state index in [0.29, 0.717) is 17.1 Å². The lowest BCUT2D eigenvalue weighted by molar-refractivity contribution is 0.300. The van der Waals surface area contributed by atoms with E-state index in [-0.39, 0.29) is 11.5 Å². The van der Waals surface area contributed by atoms with Crippen LogP contribution in [0.1, 0.15) is 66.6 Å². The molecule has 0 saturated carbocycles. The molecule has 1 aromatic rings. The second-order valence-corrected chi connectivity index (χ2v) is 9.18. The largest absolute Gasteiger partial charge is 0.304 e. The molecule has 0 amide bonds. The van der Waals surface area contributed by atoms with Crippen molar-refractivity contribution in [1.29, 1.82) is 0 Å². The van der Waals surface area contributed by atoms with Gasteiger partial charge in [0.1, 0.15) is 4.90 Å². The van der Waals surface area contributed by atoms with Crippen molar-refractivity contribution in [1.82, 2.24) is 19.4 Å². The Morgan fingerprint density at radius 1 is 1.25 bits per heavy atom. The number of sulfonamides is 1. The molecule has 0 atom stereocenters. The van der Waals surface area contributed by atoms with E-state index in [1.165, 1.54) is 0 Å². The van der Waals surface area contributed by atoms with Gasteiger partial charge in [0.25, 0.3) is 0 Å². The van der Waals surface area contributed by atoms with Crippen molar-refractivity contribution in [2.75, 3.05) is 26.2 Å². The Hall–Kier alpha value is -0.920. The summed E-state index contributed by atoms with van der Waals surface area (Å²) in [5.74, 6) is 0. The van der Waals surface area contributed by atoms with Gasteiger partial charge in [-0.1, -0.05) is 34.6 Å². The van der Waals surface area contributed by atoms with Crippen LogP contribution in [0.5, 0.6) is 0 Å². The fraction of sp³-hybridized carbons (Fsp3) is 0.824. The lowest BCUT2D eigenvalue weighted by Crippen LogP contribution is -2.31. The summed E-state index contributed by atoms with van der Waals surface area (Å²) in [6, 6.07) is 0.123. The molecule has 0 aliphatic heterocycles. The van der Waals surface area contributed by atoms with Crippen LogP contribution < -0.4 is 4.72 Å². The molecule has 1 heterocycles. The smallest absolute Gasteiger partial charge is 0.243 e. The lowest BCUT2D eigenvalue weighted by Gasteiger charge is -2.19. The molecule has 0 unspecified atom stereocenters. The van der Waals surface area contributed by atoms with Crippen molar-refractivity contribution < 1.29 is 8.42 Å². The van der Waals surface area contributed by atoms with Crippen LogP contribution in [0.3, 0.4) is 0 Å². The molecule has 0 spiro atoms. The highest BCUT2D eigenvalue weighted by atomic mass is 32.2. The van der Waals surface area contributed by atoms with E-state index < -0.39 is 10.0 Å². The topological polar surface area (TPSA) is 67.2 Å². The summed E-state index contributed by atoms with van der Waals surface area (Å²) in [6.45, 7) is 17.5. The molecule has 1 N–H and O–H groups in total. The minimum atomic E-state index is -3.55. The van der Waals surface area contributed by atoms with Crippen molar-refractivity contribution in [3.63, 3.8) is 0 Å². The fourth-order valence-electron chi connectivity index (χ4n) is 2.48. The van der Waals surface area contributed by atoms with Crippen LogP contribution in [0.2, 0.25) is 0 Å². The second kappa shape index (κ2) is 8.45. The van der Waals surface area contributed by atoms with Gasteiger partial charge in [0, 0.05) is 24.2 Å². The Balaban J connectivity index is 2.90. The third-order valence-electron chi connectivity index (χ3n) is 4.07. The molecule has 0 bridgehead atoms. The standard InChI is InChI=1S/C17H34N4O2S/c1-8-20(9-2)12-10-11-18-24(22,23)15-13-21(14(3)4)19-16(15)17(5,6)7/h13-14,18H,8-12H2,1-7H3. The number of hydrogen-bond acceptors (Lipinski definition) is 4. The van der Waals surface area contributed by atoms with Gasteiger partial charge in [-0.25, -0.2) is 13.1 Å². The molecule has 0 aliphatic rings. The molecule has 140 valence electrons. The summed E-state index contributed by atoms with van der Waals surface area (Å²) in [4.78, 5) is 2.58. The highest BCUT2D eigenvalue weighted by Crippen LogP contribution is 2.28. The molecule has 7 heteroatoms. The highest BCUT2D eigenvalue weighted by Gasteiger charge is 2.30. The summed E-state index contributed by atoms with van der Waals surface area (Å²) >= 11 is 0. The van der Waals surface area contributed by atoms with Crippen LogP contribution >= 0.6 is 0 Å². The fourth-order valence-corrected chi connectivity index (χ4v) is 3.90. The number of nitrogens with one attached hydrogen (secondary N) is 1. The van der Waals surface area contributed by atoms with Gasteiger partial charge in [0.2, 0.25) is 10.0 Å². The van der Waals surface area contributed by atoms with Gasteiger partial charge in [0.15, 0.2) is 0 Å². The Kier molecular flexibility index (Phi) is 7.44. The van der Waals surface area contributed by atoms with Crippen LogP contribution in [0, 0.1) is 0 Å². The van der Waals surface area contributed by atoms with Gasteiger partial charge < -0.3 is 4.90 Å². The predicted molar refractivity (Wildman–Crippen MR) is 98.9 cm³/mol. The lowest BCUT2D eigenvalue weighted by atomic mass is 9.92. The zero-order chi connectivity index (χ0) is 18.5. The van der Waals surface area contributed by atoms with E-state index >= 15 is 0 Å². The van der Waals surface area contributed by atoms with Crippen molar-refractivity contribution in [3.8, 4) is 0 Å². The van der Waals surface area contributed by atoms with Crippen LogP contribution in [-0.2, 0) is 15.4 Å². The Bertz CT molecular complexity index is 611. The highest BCUT2D eigenvalue weighted by molar-refractivity contribution is 7.89. The third kappa shape index (κ3) is 5.57. The Morgan fingerprint density at radius 2 is 1.83 bits per heavy atom. The first-order chi connectivity index (χ1) is 11.0. The maximum Gasteiger partial charge on any atom is 0.243 e. The summed E-state index contributed by atoms with van der Waals surface area (Å²) < 4.78 is 29.9. The molecule has 6 nitrogen and oxygen atoms in total. The van der Waals surface area contributed by atoms with E-state index in [0.717, 1.165) is 26.1 Å². The molecule has 24 heavy (non-hydrogen) atoms. The van der Waals surface area contributed by atoms with Crippen molar-refractivity contribution in [2.45, 2.75) is 71.2 Å². The van der Waals surface area contributed by atoms with E-state index in [9.17, 15) is 8.42 Å². The summed E-state index contributed by atoms with van der Waals surface area (Å²) in [5, 5.41) is 4.52. The van der Waals surface area contributed by atoms with Gasteiger partial charge in [-0.3, -0.25) is 4.68 Å². The normalized spacial score (nSPS) is 13.2. The third-order valence-corrected chi connectivity index (χ3v) is 5.53. The first-order valence-electron chi connectivity index (χ1n) is 8.84. The van der Waals surface area contributed by atoms with Gasteiger partial charge in [-0.2, -0.15) is 5.10 Å². The van der Waals surface area contributed by atoms with Crippen molar-refractivity contribution >= 4 is 10.0 Å². The zero-order valence-corrected chi connectivity index (χ0v) is 17.1. The molecule has 0 radical (unpaired) electrons. The van der Waals surface area contributed by atoms with E-state index in [4.69, 9.17) is 0 Å². The predicted octanol–water partition coefficient (Wildman–Crippen LogP) is 2.77. The van der Waals surface area contributed by atoms with Gasteiger partial charge in [-0.05, 0) is 39.9 Å². The van der Waals surface area contributed by atoms with Crippen molar-refractivity contribution in [3.05, 3.63) is 11.9 Å². The minimum absolute atomic E-state index is 0.123. The van der Waals surface area contributed by atoms with Crippen molar-refractivity contribution in [2.24, 2.45) is 0 Å². The number of nitrogens with zero attached hydrogens (tertiary/aromatic N) is 3. The van der Waals surface area contributed by atoms with Crippen LogP contribution in [0.4, 0.5) is 0 Å². The molecule has 0 fully saturated rings. The van der Waals surface area contributed by atoms with E-state index in [1.807, 2.05) is 34.6 Å². The average Bonchev–Trinajstić information content (AvgIpc) is 2.94. The maximum atomic E-state index is 12.7. The van der Waals surface area contributed by atoms with E-state index in [1.54, 1.807) is 10.9 Å². The molecule has 0 saturated heterocycles. The van der Waals surface area contributed by atoms with Crippen LogP contribution in [0.25, 0.3) is 0 Å². The Labute approximate surface area is 147 Å². The first-order valence-corrected chi connectivity index (χ1v) is 10.3. The number of rotatable bonds is 9. The number of aromatic nitrogens is 2. The Morgan fingerprint density at radius 3 is 2.29 bits per heavy atom. The quantitative estimate of drug-likeness (QED) is 0.689. The molecular weight excluding hydrogens is 324 g/mol. The molecular formula is C17H34N4O2S. The molecule has 0 aliphatic carbocycles. The maximum absolute atomic E-state index is 12.7. The first kappa shape index (κ1) is 21.1. The monoisotopic (exact) mass is 358 g/mol. The van der Waals surface area contributed by atoms with E-state index in [2.05, 4.69) is 28.6 Å². The minimum Gasteiger partial charge on any atom is -0.304 e. The second-order valence-electron chi connectivity index (χ2n) is 7.44. The SMILES string of the molecule is CCN(CC)CCCNS(=O)(=O)c1cn(C(C)C)nc1C(C)(C)C. The number of hydrogen-bond donors (Lipinski definition) is 1. The van der Waals surface area contributed by atoms with Gasteiger partial charge >= 0.3 is 0 Å². The summed E-state index contributed by atoms with van der Waals surface area (Å²) in [5.41, 5.74) is 0.290. The average molecular weight is 359 g/mol. The summed E-state index contributed by atoms with van der Waals surface area (Å²) in [6.07, 6.45) is 2.45. The molecule has 0 aromatic carbocycles. The summed E-state index contributed by atoms with van der Waals surface area (Å²) in [7, 11) is -3.55. The molecule has 1 aromatic heterocycles. The van der Waals surface area contributed by atoms with Crippen LogP contribution in [0.15, 0.2) is 11.1 Å². The van der Waals surface area contributed by atoms with Gasteiger partial charge in [0.05, 0.1) is 5.69 Å². The van der Waals surface area contributed by atoms with Gasteiger partial charge in [-0.15, -0.1) is 0 Å². The van der Waals surface area contributed by atoms with Crippen LogP contribution in [-0.4, -0.2) is 49.3 Å².